The summed E-state index contributed by atoms with van der Waals surface area (Å²) < 4.78 is 5.21. The lowest BCUT2D eigenvalue weighted by atomic mass is 9.98. The fourth-order valence-corrected chi connectivity index (χ4v) is 1.39. The van der Waals surface area contributed by atoms with Crippen LogP contribution in [0.4, 0.5) is 0 Å². The summed E-state index contributed by atoms with van der Waals surface area (Å²) in [5.41, 5.74) is 2.46. The van der Waals surface area contributed by atoms with Crippen molar-refractivity contribution in [1.82, 2.24) is 0 Å². The Labute approximate surface area is 74.4 Å². The lowest BCUT2D eigenvalue weighted by Crippen LogP contribution is -1.95. The zero-order valence-electron chi connectivity index (χ0n) is 7.92. The fraction of sp³-hybridized carbons (Fsp3) is 0.364. The third kappa shape index (κ3) is 1.60. The predicted molar refractivity (Wildman–Crippen MR) is 51.5 cm³/mol. The van der Waals surface area contributed by atoms with Crippen molar-refractivity contribution in [1.29, 1.82) is 0 Å². The van der Waals surface area contributed by atoms with Crippen LogP contribution in [-0.4, -0.2) is 7.11 Å². The molecule has 1 unspecified atom stereocenters. The van der Waals surface area contributed by atoms with Crippen LogP contribution < -0.4 is 4.74 Å². The number of rotatable bonds is 2. The van der Waals surface area contributed by atoms with Gasteiger partial charge >= 0.3 is 0 Å². The van der Waals surface area contributed by atoms with E-state index in [1.165, 1.54) is 11.1 Å². The molecule has 12 heavy (non-hydrogen) atoms. The van der Waals surface area contributed by atoms with Gasteiger partial charge in [0.2, 0.25) is 0 Å². The number of hydrogen-bond acceptors (Lipinski definition) is 1. The van der Waals surface area contributed by atoms with Crippen LogP contribution in [0.2, 0.25) is 0 Å². The molecule has 0 saturated carbocycles. The lowest BCUT2D eigenvalue weighted by molar-refractivity contribution is 0.411. The standard InChI is InChI=1S/C11H15O/c1-8(2)10-6-5-7-11(12-4)9(10)3/h5-8H,1H2,2-4H3. The average molecular weight is 163 g/mol. The van der Waals surface area contributed by atoms with Gasteiger partial charge in [0.25, 0.3) is 0 Å². The van der Waals surface area contributed by atoms with Gasteiger partial charge in [-0.25, -0.2) is 0 Å². The first-order valence-corrected chi connectivity index (χ1v) is 4.13. The van der Waals surface area contributed by atoms with Gasteiger partial charge in [-0.3, -0.25) is 0 Å². The summed E-state index contributed by atoms with van der Waals surface area (Å²) in [5, 5.41) is 0. The van der Waals surface area contributed by atoms with Crippen molar-refractivity contribution in [3.05, 3.63) is 36.2 Å². The van der Waals surface area contributed by atoms with Crippen molar-refractivity contribution in [2.45, 2.75) is 19.8 Å². The van der Waals surface area contributed by atoms with Crippen LogP contribution in [-0.2, 0) is 0 Å². The van der Waals surface area contributed by atoms with Gasteiger partial charge in [-0.1, -0.05) is 19.1 Å². The van der Waals surface area contributed by atoms with E-state index in [4.69, 9.17) is 4.74 Å². The van der Waals surface area contributed by atoms with Crippen LogP contribution in [0.3, 0.4) is 0 Å². The molecule has 0 N–H and O–H groups in total. The molecule has 0 fully saturated rings. The Morgan fingerprint density at radius 1 is 1.42 bits per heavy atom. The summed E-state index contributed by atoms with van der Waals surface area (Å²) in [6.45, 7) is 8.14. The van der Waals surface area contributed by atoms with Crippen LogP contribution in [0.15, 0.2) is 18.2 Å². The van der Waals surface area contributed by atoms with E-state index in [0.29, 0.717) is 5.92 Å². The molecule has 0 spiro atoms. The molecule has 1 aromatic rings. The summed E-state index contributed by atoms with van der Waals surface area (Å²) in [6.07, 6.45) is 0. The highest BCUT2D eigenvalue weighted by atomic mass is 16.5. The van der Waals surface area contributed by atoms with Crippen molar-refractivity contribution in [2.75, 3.05) is 7.11 Å². The zero-order valence-corrected chi connectivity index (χ0v) is 7.92. The minimum absolute atomic E-state index is 0.320. The minimum atomic E-state index is 0.320. The van der Waals surface area contributed by atoms with Gasteiger partial charge in [-0.2, -0.15) is 0 Å². The number of methoxy groups -OCH3 is 1. The summed E-state index contributed by atoms with van der Waals surface area (Å²) in [4.78, 5) is 0. The number of benzene rings is 1. The van der Waals surface area contributed by atoms with Crippen molar-refractivity contribution in [2.24, 2.45) is 0 Å². The van der Waals surface area contributed by atoms with Gasteiger partial charge in [0.1, 0.15) is 5.75 Å². The zero-order chi connectivity index (χ0) is 9.14. The smallest absolute Gasteiger partial charge is 0.122 e. The molecule has 0 aliphatic heterocycles. The molecule has 1 aromatic carbocycles. The molecule has 0 amide bonds. The molecule has 1 rings (SSSR count). The Bertz CT molecular complexity index is 264. The van der Waals surface area contributed by atoms with E-state index in [9.17, 15) is 0 Å². The molecule has 0 aromatic heterocycles. The molecule has 1 heteroatoms. The maximum atomic E-state index is 5.21. The lowest BCUT2D eigenvalue weighted by Gasteiger charge is -2.12. The van der Waals surface area contributed by atoms with Crippen LogP contribution in [0.25, 0.3) is 0 Å². The van der Waals surface area contributed by atoms with E-state index in [1.54, 1.807) is 7.11 Å². The molecule has 0 saturated heterocycles. The highest BCUT2D eigenvalue weighted by Crippen LogP contribution is 2.25. The molecule has 65 valence electrons. The van der Waals surface area contributed by atoms with Crippen LogP contribution in [0.5, 0.6) is 5.75 Å². The SMILES string of the molecule is [CH2]C(C)c1cccc(OC)c1C. The van der Waals surface area contributed by atoms with E-state index >= 15 is 0 Å². The Hall–Kier alpha value is -0.980. The quantitative estimate of drug-likeness (QED) is 0.651. The maximum Gasteiger partial charge on any atom is 0.122 e. The summed E-state index contributed by atoms with van der Waals surface area (Å²) in [7, 11) is 1.69. The van der Waals surface area contributed by atoms with E-state index in [-0.39, 0.29) is 0 Å². The minimum Gasteiger partial charge on any atom is -0.496 e. The Morgan fingerprint density at radius 3 is 2.58 bits per heavy atom. The third-order valence-electron chi connectivity index (χ3n) is 2.08. The Balaban J connectivity index is 3.14. The first-order chi connectivity index (χ1) is 5.66. The van der Waals surface area contributed by atoms with Gasteiger partial charge in [0.15, 0.2) is 0 Å². The summed E-state index contributed by atoms with van der Waals surface area (Å²) >= 11 is 0. The van der Waals surface area contributed by atoms with Crippen LogP contribution in [0.1, 0.15) is 24.0 Å². The average Bonchev–Trinajstić information content (AvgIpc) is 2.04. The van der Waals surface area contributed by atoms with Crippen LogP contribution in [0, 0.1) is 13.8 Å². The Kier molecular flexibility index (Phi) is 2.74. The second-order valence-corrected chi connectivity index (χ2v) is 3.08. The largest absolute Gasteiger partial charge is 0.496 e. The maximum absolute atomic E-state index is 5.21. The molecule has 1 nitrogen and oxygen atoms in total. The van der Waals surface area contributed by atoms with E-state index in [0.717, 1.165) is 5.75 Å². The van der Waals surface area contributed by atoms with Crippen molar-refractivity contribution in [3.8, 4) is 5.75 Å². The Morgan fingerprint density at radius 2 is 2.08 bits per heavy atom. The van der Waals surface area contributed by atoms with Crippen molar-refractivity contribution >= 4 is 0 Å². The van der Waals surface area contributed by atoms with Crippen LogP contribution >= 0.6 is 0 Å². The molecule has 1 atom stereocenters. The molecule has 0 aliphatic rings. The van der Waals surface area contributed by atoms with Crippen molar-refractivity contribution < 1.29 is 4.74 Å². The normalized spacial score (nSPS) is 10.4. The highest BCUT2D eigenvalue weighted by Gasteiger charge is 2.06. The summed E-state index contributed by atoms with van der Waals surface area (Å²) in [5.74, 6) is 1.27. The molecular formula is C11H15O. The first kappa shape index (κ1) is 9.11. The van der Waals surface area contributed by atoms with E-state index < -0.39 is 0 Å². The monoisotopic (exact) mass is 163 g/mol. The second-order valence-electron chi connectivity index (χ2n) is 3.08. The van der Waals surface area contributed by atoms with Gasteiger partial charge in [-0.15, -0.1) is 0 Å². The second kappa shape index (κ2) is 3.61. The molecule has 1 radical (unpaired) electrons. The molecular weight excluding hydrogens is 148 g/mol. The predicted octanol–water partition coefficient (Wildman–Crippen LogP) is 2.94. The highest BCUT2D eigenvalue weighted by molar-refractivity contribution is 5.41. The molecule has 0 heterocycles. The third-order valence-corrected chi connectivity index (χ3v) is 2.08. The van der Waals surface area contributed by atoms with Crippen molar-refractivity contribution in [3.63, 3.8) is 0 Å². The number of ether oxygens (including phenoxy) is 1. The van der Waals surface area contributed by atoms with Gasteiger partial charge in [0, 0.05) is 0 Å². The topological polar surface area (TPSA) is 9.23 Å². The van der Waals surface area contributed by atoms with E-state index in [2.05, 4.69) is 26.8 Å². The van der Waals surface area contributed by atoms with Gasteiger partial charge in [0.05, 0.1) is 7.11 Å². The van der Waals surface area contributed by atoms with Gasteiger partial charge < -0.3 is 4.74 Å². The fourth-order valence-electron chi connectivity index (χ4n) is 1.39. The van der Waals surface area contributed by atoms with E-state index in [1.807, 2.05) is 12.1 Å². The van der Waals surface area contributed by atoms with Gasteiger partial charge in [-0.05, 0) is 37.0 Å². The molecule has 0 aliphatic carbocycles. The summed E-state index contributed by atoms with van der Waals surface area (Å²) in [6, 6.07) is 6.07. The number of hydrogen-bond donors (Lipinski definition) is 0. The molecule has 0 bridgehead atoms. The first-order valence-electron chi connectivity index (χ1n) is 4.13.